The van der Waals surface area contributed by atoms with Crippen molar-refractivity contribution in [3.63, 3.8) is 0 Å². The molecule has 7 heteroatoms. The standard InChI is InChI=1S/C31H32O7/c1-8-16-24-17(20(12(2)3)30(37)26(16)33)9-14(6)22(28(24)35)23-15(7)10-18-21(13(4)5)31(38)27(34)19(11-32)25(18)29(23)36/h8-13,33-38H,1H2,2-7H3. The van der Waals surface area contributed by atoms with Gasteiger partial charge < -0.3 is 30.6 Å². The second kappa shape index (κ2) is 9.17. The zero-order valence-corrected chi connectivity index (χ0v) is 22.3. The Hall–Kier alpha value is -4.39. The zero-order valence-electron chi connectivity index (χ0n) is 22.3. The molecule has 0 radical (unpaired) electrons. The molecule has 0 saturated carbocycles. The highest BCUT2D eigenvalue weighted by Gasteiger charge is 2.29. The van der Waals surface area contributed by atoms with Crippen molar-refractivity contribution in [2.45, 2.75) is 53.4 Å². The van der Waals surface area contributed by atoms with Gasteiger partial charge in [-0.1, -0.05) is 52.5 Å². The molecule has 7 nitrogen and oxygen atoms in total. The summed E-state index contributed by atoms with van der Waals surface area (Å²) in [4.78, 5) is 12.0. The largest absolute Gasteiger partial charge is 0.507 e. The number of hydrogen-bond donors (Lipinski definition) is 6. The number of benzene rings is 4. The van der Waals surface area contributed by atoms with Crippen molar-refractivity contribution in [1.82, 2.24) is 0 Å². The molecule has 198 valence electrons. The Balaban J connectivity index is 2.27. The number of aryl methyl sites for hydroxylation is 2. The molecular weight excluding hydrogens is 484 g/mol. The van der Waals surface area contributed by atoms with Gasteiger partial charge in [-0.05, 0) is 47.6 Å². The van der Waals surface area contributed by atoms with E-state index in [0.717, 1.165) is 0 Å². The third-order valence-corrected chi connectivity index (χ3v) is 7.31. The maximum absolute atomic E-state index is 12.0. The molecule has 0 saturated heterocycles. The van der Waals surface area contributed by atoms with Gasteiger partial charge in [-0.25, -0.2) is 0 Å². The Labute approximate surface area is 220 Å². The van der Waals surface area contributed by atoms with E-state index in [0.29, 0.717) is 39.3 Å². The third kappa shape index (κ3) is 3.53. The number of phenolic OH excluding ortho intramolecular Hbond substituents is 6. The van der Waals surface area contributed by atoms with Gasteiger partial charge in [0.1, 0.15) is 11.5 Å². The maximum atomic E-state index is 12.0. The van der Waals surface area contributed by atoms with Crippen LogP contribution in [0.4, 0.5) is 0 Å². The third-order valence-electron chi connectivity index (χ3n) is 7.31. The highest BCUT2D eigenvalue weighted by molar-refractivity contribution is 6.12. The van der Waals surface area contributed by atoms with E-state index in [1.807, 2.05) is 27.7 Å². The highest BCUT2D eigenvalue weighted by atomic mass is 16.3. The van der Waals surface area contributed by atoms with Gasteiger partial charge in [0.2, 0.25) is 0 Å². The van der Waals surface area contributed by atoms with Crippen LogP contribution in [0.3, 0.4) is 0 Å². The predicted octanol–water partition coefficient (Wildman–Crippen LogP) is 7.21. The molecule has 0 heterocycles. The minimum Gasteiger partial charge on any atom is -0.507 e. The SMILES string of the molecule is C=Cc1c(O)c(O)c(C(C)C)c2cc(C)c(-c3c(C)cc4c(C(C)C)c(O)c(O)c(C=O)c4c3O)c(O)c12. The first kappa shape index (κ1) is 26.7. The van der Waals surface area contributed by atoms with Gasteiger partial charge in [0, 0.05) is 38.6 Å². The van der Waals surface area contributed by atoms with Crippen LogP contribution in [0.5, 0.6) is 34.5 Å². The fourth-order valence-electron chi connectivity index (χ4n) is 5.69. The first-order chi connectivity index (χ1) is 17.8. The van der Waals surface area contributed by atoms with Crippen LogP contribution >= 0.6 is 0 Å². The summed E-state index contributed by atoms with van der Waals surface area (Å²) in [5, 5.41) is 67.4. The molecule has 4 aromatic rings. The molecule has 0 aromatic heterocycles. The lowest BCUT2D eigenvalue weighted by Crippen LogP contribution is -2.00. The van der Waals surface area contributed by atoms with Gasteiger partial charge >= 0.3 is 0 Å². The van der Waals surface area contributed by atoms with Crippen molar-refractivity contribution < 1.29 is 35.4 Å². The van der Waals surface area contributed by atoms with Crippen molar-refractivity contribution in [1.29, 1.82) is 0 Å². The van der Waals surface area contributed by atoms with E-state index >= 15 is 0 Å². The van der Waals surface area contributed by atoms with Gasteiger partial charge in [0.25, 0.3) is 0 Å². The minimum atomic E-state index is -0.628. The van der Waals surface area contributed by atoms with Gasteiger partial charge in [-0.2, -0.15) is 0 Å². The van der Waals surface area contributed by atoms with Crippen molar-refractivity contribution in [2.75, 3.05) is 0 Å². The molecule has 4 rings (SSSR count). The van der Waals surface area contributed by atoms with Crippen molar-refractivity contribution in [3.05, 3.63) is 52.1 Å². The molecule has 38 heavy (non-hydrogen) atoms. The molecule has 0 aliphatic rings. The van der Waals surface area contributed by atoms with Crippen LogP contribution in [-0.2, 0) is 0 Å². The smallest absolute Gasteiger partial charge is 0.169 e. The Morgan fingerprint density at radius 3 is 1.34 bits per heavy atom. The summed E-state index contributed by atoms with van der Waals surface area (Å²) in [6.07, 6.45) is 1.71. The summed E-state index contributed by atoms with van der Waals surface area (Å²) in [6, 6.07) is 3.47. The second-order valence-electron chi connectivity index (χ2n) is 10.4. The number of hydrogen-bond acceptors (Lipinski definition) is 7. The summed E-state index contributed by atoms with van der Waals surface area (Å²) < 4.78 is 0. The van der Waals surface area contributed by atoms with Gasteiger partial charge in [-0.3, -0.25) is 4.79 Å². The first-order valence-electron chi connectivity index (χ1n) is 12.4. The first-order valence-corrected chi connectivity index (χ1v) is 12.4. The van der Waals surface area contributed by atoms with Crippen LogP contribution in [0.25, 0.3) is 38.7 Å². The average molecular weight is 517 g/mol. The number of phenols is 6. The van der Waals surface area contributed by atoms with E-state index in [-0.39, 0.29) is 62.1 Å². The normalized spacial score (nSPS) is 11.7. The van der Waals surface area contributed by atoms with Crippen LogP contribution < -0.4 is 0 Å². The number of carbonyl (C=O) groups is 1. The van der Waals surface area contributed by atoms with Crippen LogP contribution in [0, 0.1) is 13.8 Å². The molecule has 0 bridgehead atoms. The predicted molar refractivity (Wildman–Crippen MR) is 150 cm³/mol. The zero-order chi connectivity index (χ0) is 28.4. The van der Waals surface area contributed by atoms with Crippen molar-refractivity contribution in [2.24, 2.45) is 0 Å². The fraction of sp³-hybridized carbons (Fsp3) is 0.258. The summed E-state index contributed by atoms with van der Waals surface area (Å²) in [5.74, 6) is -2.77. The molecule has 0 unspecified atom stereocenters. The van der Waals surface area contributed by atoms with E-state index in [4.69, 9.17) is 0 Å². The summed E-state index contributed by atoms with van der Waals surface area (Å²) in [6.45, 7) is 14.6. The summed E-state index contributed by atoms with van der Waals surface area (Å²) >= 11 is 0. The van der Waals surface area contributed by atoms with Crippen LogP contribution in [-0.4, -0.2) is 36.9 Å². The quantitative estimate of drug-likeness (QED) is 0.122. The topological polar surface area (TPSA) is 138 Å². The molecule has 4 aromatic carbocycles. The van der Waals surface area contributed by atoms with E-state index < -0.39 is 17.2 Å². The number of fused-ring (bicyclic) bond motifs is 2. The maximum Gasteiger partial charge on any atom is 0.169 e. The van der Waals surface area contributed by atoms with Gasteiger partial charge in [0.15, 0.2) is 29.3 Å². The minimum absolute atomic E-state index is 0.0545. The van der Waals surface area contributed by atoms with Gasteiger partial charge in [-0.15, -0.1) is 0 Å². The second-order valence-corrected chi connectivity index (χ2v) is 10.4. The Morgan fingerprint density at radius 1 is 0.632 bits per heavy atom. The number of rotatable bonds is 5. The Bertz CT molecular complexity index is 1550. The molecule has 6 N–H and O–H groups in total. The molecule has 0 aliphatic heterocycles. The summed E-state index contributed by atoms with van der Waals surface area (Å²) in [5.41, 5.74) is 2.30. The lowest BCUT2D eigenvalue weighted by Gasteiger charge is -2.23. The van der Waals surface area contributed by atoms with Crippen molar-refractivity contribution >= 4 is 33.9 Å². The molecule has 0 spiro atoms. The van der Waals surface area contributed by atoms with E-state index in [9.17, 15) is 35.4 Å². The molecule has 0 aliphatic carbocycles. The molecule has 0 fully saturated rings. The number of carbonyl (C=O) groups excluding carboxylic acids is 1. The van der Waals surface area contributed by atoms with Crippen molar-refractivity contribution in [3.8, 4) is 45.6 Å². The highest BCUT2D eigenvalue weighted by Crippen LogP contribution is 2.54. The average Bonchev–Trinajstić information content (AvgIpc) is 2.83. The van der Waals surface area contributed by atoms with E-state index in [1.54, 1.807) is 26.0 Å². The lowest BCUT2D eigenvalue weighted by molar-refractivity contribution is 0.112. The monoisotopic (exact) mass is 516 g/mol. The fourth-order valence-corrected chi connectivity index (χ4v) is 5.69. The molecule has 0 atom stereocenters. The van der Waals surface area contributed by atoms with E-state index in [1.165, 1.54) is 6.08 Å². The number of aromatic hydroxyl groups is 6. The Kier molecular flexibility index (Phi) is 6.44. The van der Waals surface area contributed by atoms with Crippen LogP contribution in [0.15, 0.2) is 18.7 Å². The summed E-state index contributed by atoms with van der Waals surface area (Å²) in [7, 11) is 0. The number of aldehydes is 1. The van der Waals surface area contributed by atoms with Crippen LogP contribution in [0.2, 0.25) is 0 Å². The molecule has 0 amide bonds. The Morgan fingerprint density at radius 2 is 1.00 bits per heavy atom. The van der Waals surface area contributed by atoms with Gasteiger partial charge in [0.05, 0.1) is 5.56 Å². The molecular formula is C31H32O7. The van der Waals surface area contributed by atoms with Crippen LogP contribution in [0.1, 0.15) is 77.7 Å². The van der Waals surface area contributed by atoms with E-state index in [2.05, 4.69) is 6.58 Å². The lowest BCUT2D eigenvalue weighted by atomic mass is 9.83.